The van der Waals surface area contributed by atoms with Crippen LogP contribution in [0.4, 0.5) is 0 Å². The highest BCUT2D eigenvalue weighted by molar-refractivity contribution is 8.16. The molecule has 0 aliphatic carbocycles. The van der Waals surface area contributed by atoms with E-state index in [1.807, 2.05) is 22.4 Å². The summed E-state index contributed by atoms with van der Waals surface area (Å²) in [6.07, 6.45) is 2.16. The van der Waals surface area contributed by atoms with Crippen molar-refractivity contribution < 1.29 is 28.5 Å². The Morgan fingerprint density at radius 1 is 1.26 bits per heavy atom. The number of aliphatic imine (C=N–C) groups is 1. The molecule has 0 saturated carbocycles. The summed E-state index contributed by atoms with van der Waals surface area (Å²) in [5.41, 5.74) is 2.38. The van der Waals surface area contributed by atoms with Crippen LogP contribution in [0.25, 0.3) is 0 Å². The summed E-state index contributed by atoms with van der Waals surface area (Å²) in [5.74, 6) is 0.433. The molecule has 3 heterocycles. The molecule has 1 aromatic carbocycles. The predicted molar refractivity (Wildman–Crippen MR) is 129 cm³/mol. The van der Waals surface area contributed by atoms with Crippen molar-refractivity contribution in [2.75, 3.05) is 34.5 Å². The Hall–Kier alpha value is -2.98. The Labute approximate surface area is 203 Å². The third-order valence-corrected chi connectivity index (χ3v) is 6.92. The molecular formula is C24H29N3O6S. The lowest BCUT2D eigenvalue weighted by atomic mass is 9.92. The van der Waals surface area contributed by atoms with Gasteiger partial charge in [0.1, 0.15) is 0 Å². The predicted octanol–water partition coefficient (Wildman–Crippen LogP) is 3.14. The average Bonchev–Trinajstić information content (AvgIpc) is 3.51. The molecular weight excluding hydrogens is 458 g/mol. The second kappa shape index (κ2) is 10.5. The number of nitrogens with one attached hydrogen (secondary N) is 1. The van der Waals surface area contributed by atoms with Crippen molar-refractivity contribution in [1.29, 1.82) is 0 Å². The van der Waals surface area contributed by atoms with Gasteiger partial charge in [0.2, 0.25) is 5.91 Å². The molecule has 1 amide bonds. The van der Waals surface area contributed by atoms with Crippen LogP contribution in [0.2, 0.25) is 0 Å². The van der Waals surface area contributed by atoms with Gasteiger partial charge in [-0.2, -0.15) is 0 Å². The largest absolute Gasteiger partial charge is 0.493 e. The second-order valence-corrected chi connectivity index (χ2v) is 8.92. The highest BCUT2D eigenvalue weighted by Crippen LogP contribution is 2.48. The first-order chi connectivity index (χ1) is 16.5. The number of fused-ring (bicyclic) bond motifs is 1. The van der Waals surface area contributed by atoms with Gasteiger partial charge in [-0.05, 0) is 31.2 Å². The Kier molecular flexibility index (Phi) is 7.47. The second-order valence-electron chi connectivity index (χ2n) is 8.08. The fourth-order valence-electron chi connectivity index (χ4n) is 4.42. The van der Waals surface area contributed by atoms with Gasteiger partial charge in [-0.3, -0.25) is 4.79 Å². The van der Waals surface area contributed by atoms with Crippen LogP contribution in [-0.4, -0.2) is 62.5 Å². The first kappa shape index (κ1) is 24.2. The van der Waals surface area contributed by atoms with E-state index >= 15 is 0 Å². The van der Waals surface area contributed by atoms with Gasteiger partial charge in [0, 0.05) is 24.4 Å². The van der Waals surface area contributed by atoms with Crippen LogP contribution in [0.15, 0.2) is 45.6 Å². The first-order valence-corrected chi connectivity index (χ1v) is 12.0. The van der Waals surface area contributed by atoms with Crippen molar-refractivity contribution in [3.8, 4) is 11.5 Å². The molecule has 0 bridgehead atoms. The molecule has 3 aliphatic heterocycles. The van der Waals surface area contributed by atoms with Crippen LogP contribution >= 0.6 is 11.8 Å². The number of amidine groups is 1. The molecule has 9 nitrogen and oxygen atoms in total. The minimum Gasteiger partial charge on any atom is -0.493 e. The molecule has 2 atom stereocenters. The van der Waals surface area contributed by atoms with E-state index in [1.165, 1.54) is 18.9 Å². The van der Waals surface area contributed by atoms with E-state index in [4.69, 9.17) is 18.9 Å². The molecule has 2 unspecified atom stereocenters. The van der Waals surface area contributed by atoms with E-state index in [2.05, 4.69) is 10.3 Å². The molecule has 1 saturated heterocycles. The fourth-order valence-corrected chi connectivity index (χ4v) is 5.39. The van der Waals surface area contributed by atoms with Gasteiger partial charge in [-0.1, -0.05) is 23.9 Å². The van der Waals surface area contributed by atoms with E-state index in [0.717, 1.165) is 25.1 Å². The van der Waals surface area contributed by atoms with E-state index in [1.54, 1.807) is 27.2 Å². The van der Waals surface area contributed by atoms with Gasteiger partial charge in [0.15, 0.2) is 16.7 Å². The summed E-state index contributed by atoms with van der Waals surface area (Å²) in [5, 5.41) is 5.55. The van der Waals surface area contributed by atoms with Crippen LogP contribution in [0.3, 0.4) is 0 Å². The standard InChI is InChI=1S/C24H29N3O6S/c1-14-20(23(29)32-4)21(17-8-5-9-18(30-2)22(17)31-3)27-15(13-34-24(27)26-14)11-19(28)25-12-16-7-6-10-33-16/h5,8-9,13,16,21H,6-7,10-12H2,1-4H3,(H,25,28). The molecule has 34 heavy (non-hydrogen) atoms. The van der Waals surface area contributed by atoms with Crippen LogP contribution in [0.5, 0.6) is 11.5 Å². The van der Waals surface area contributed by atoms with Crippen molar-refractivity contribution in [3.05, 3.63) is 46.1 Å². The minimum atomic E-state index is -0.600. The molecule has 1 fully saturated rings. The minimum absolute atomic E-state index is 0.0632. The zero-order chi connectivity index (χ0) is 24.2. The van der Waals surface area contributed by atoms with Crippen molar-refractivity contribution in [3.63, 3.8) is 0 Å². The molecule has 1 aromatic rings. The van der Waals surface area contributed by atoms with Gasteiger partial charge in [-0.15, -0.1) is 0 Å². The topological polar surface area (TPSA) is 98.7 Å². The number of carbonyl (C=O) groups excluding carboxylic acids is 2. The number of allylic oxidation sites excluding steroid dienone is 1. The van der Waals surface area contributed by atoms with E-state index in [-0.39, 0.29) is 18.4 Å². The molecule has 1 N–H and O–H groups in total. The highest BCUT2D eigenvalue weighted by atomic mass is 32.2. The average molecular weight is 488 g/mol. The van der Waals surface area contributed by atoms with E-state index < -0.39 is 12.0 Å². The van der Waals surface area contributed by atoms with Crippen LogP contribution in [0.1, 0.15) is 37.8 Å². The molecule has 10 heteroatoms. The summed E-state index contributed by atoms with van der Waals surface area (Å²) >= 11 is 1.42. The molecule has 0 spiro atoms. The Morgan fingerprint density at radius 2 is 2.09 bits per heavy atom. The maximum atomic E-state index is 12.9. The third-order valence-electron chi connectivity index (χ3n) is 6.03. The number of para-hydroxylation sites is 1. The number of ether oxygens (including phenoxy) is 4. The molecule has 182 valence electrons. The van der Waals surface area contributed by atoms with Crippen molar-refractivity contribution in [1.82, 2.24) is 10.2 Å². The fraction of sp³-hybridized carbons (Fsp3) is 0.458. The lowest BCUT2D eigenvalue weighted by Crippen LogP contribution is -2.38. The summed E-state index contributed by atoms with van der Waals surface area (Å²) in [4.78, 5) is 32.3. The number of thioether (sulfide) groups is 1. The molecule has 0 aromatic heterocycles. The smallest absolute Gasteiger partial charge is 0.338 e. The summed E-state index contributed by atoms with van der Waals surface area (Å²) < 4.78 is 21.9. The summed E-state index contributed by atoms with van der Waals surface area (Å²) in [6, 6.07) is 4.91. The van der Waals surface area contributed by atoms with Gasteiger partial charge < -0.3 is 29.2 Å². The normalized spacial score (nSPS) is 21.6. The summed E-state index contributed by atoms with van der Waals surface area (Å²) in [7, 11) is 4.46. The number of benzene rings is 1. The maximum absolute atomic E-state index is 12.9. The van der Waals surface area contributed by atoms with Crippen LogP contribution < -0.4 is 14.8 Å². The summed E-state index contributed by atoms with van der Waals surface area (Å²) in [6.45, 7) is 3.00. The van der Waals surface area contributed by atoms with Crippen LogP contribution in [-0.2, 0) is 19.1 Å². The van der Waals surface area contributed by atoms with E-state index in [0.29, 0.717) is 40.0 Å². The van der Waals surface area contributed by atoms with E-state index in [9.17, 15) is 9.59 Å². The Morgan fingerprint density at radius 3 is 2.76 bits per heavy atom. The number of hydrogen-bond acceptors (Lipinski definition) is 9. The lowest BCUT2D eigenvalue weighted by molar-refractivity contribution is -0.136. The Bertz CT molecular complexity index is 1060. The van der Waals surface area contributed by atoms with Crippen molar-refractivity contribution >= 4 is 28.8 Å². The number of rotatable bonds is 8. The quantitative estimate of drug-likeness (QED) is 0.559. The molecule has 4 rings (SSSR count). The van der Waals surface area contributed by atoms with Crippen molar-refractivity contribution in [2.45, 2.75) is 38.3 Å². The number of methoxy groups -OCH3 is 3. The van der Waals surface area contributed by atoms with Gasteiger partial charge in [0.05, 0.1) is 51.2 Å². The number of esters is 1. The number of nitrogens with zero attached hydrogens (tertiary/aromatic N) is 2. The van der Waals surface area contributed by atoms with Crippen LogP contribution in [0, 0.1) is 0 Å². The first-order valence-electron chi connectivity index (χ1n) is 11.1. The SMILES string of the molecule is COC(=O)C1=C(C)N=C2SC=C(CC(=O)NCC3CCCO3)N2C1c1cccc(OC)c1OC. The van der Waals surface area contributed by atoms with Crippen molar-refractivity contribution in [2.24, 2.45) is 4.99 Å². The number of amides is 1. The zero-order valence-electron chi connectivity index (χ0n) is 19.8. The lowest BCUT2D eigenvalue weighted by Gasteiger charge is -2.36. The van der Waals surface area contributed by atoms with Gasteiger partial charge >= 0.3 is 5.97 Å². The molecule has 3 aliphatic rings. The van der Waals surface area contributed by atoms with Gasteiger partial charge in [0.25, 0.3) is 0 Å². The maximum Gasteiger partial charge on any atom is 0.338 e. The Balaban J connectivity index is 1.68. The number of hydrogen-bond donors (Lipinski definition) is 1. The monoisotopic (exact) mass is 487 g/mol. The zero-order valence-corrected chi connectivity index (χ0v) is 20.6. The third kappa shape index (κ3) is 4.65. The molecule has 0 radical (unpaired) electrons. The number of carbonyl (C=O) groups is 2. The highest BCUT2D eigenvalue weighted by Gasteiger charge is 2.42. The van der Waals surface area contributed by atoms with Gasteiger partial charge in [-0.25, -0.2) is 9.79 Å².